The monoisotopic (exact) mass is 467 g/mol. The molecule has 0 radical (unpaired) electrons. The summed E-state index contributed by atoms with van der Waals surface area (Å²) in [4.78, 5) is 16.9. The largest absolute Gasteiger partial charge is 0.489 e. The number of hydrogen-bond acceptors (Lipinski definition) is 5. The highest BCUT2D eigenvalue weighted by molar-refractivity contribution is 5.68. The van der Waals surface area contributed by atoms with E-state index in [4.69, 9.17) is 9.47 Å². The summed E-state index contributed by atoms with van der Waals surface area (Å²) in [6.07, 6.45) is 2.34. The Morgan fingerprint density at radius 3 is 2.64 bits per heavy atom. The van der Waals surface area contributed by atoms with Crippen LogP contribution < -0.4 is 4.74 Å². The molecule has 3 heterocycles. The van der Waals surface area contributed by atoms with Crippen molar-refractivity contribution in [1.82, 2.24) is 9.88 Å². The molecule has 0 spiro atoms. The Bertz CT molecular complexity index is 890. The van der Waals surface area contributed by atoms with Crippen molar-refractivity contribution in [3.8, 4) is 11.8 Å². The zero-order valence-corrected chi connectivity index (χ0v) is 18.2. The summed E-state index contributed by atoms with van der Waals surface area (Å²) in [7, 11) is 0. The lowest BCUT2D eigenvalue weighted by Crippen LogP contribution is -2.62. The number of aromatic nitrogens is 1. The van der Waals surface area contributed by atoms with Gasteiger partial charge in [-0.15, -0.1) is 0 Å². The van der Waals surface area contributed by atoms with Gasteiger partial charge in [0.1, 0.15) is 17.4 Å². The summed E-state index contributed by atoms with van der Waals surface area (Å²) < 4.78 is 53.3. The minimum Gasteiger partial charge on any atom is -0.489 e. The molecule has 2 aliphatic heterocycles. The third-order valence-corrected chi connectivity index (χ3v) is 7.44. The van der Waals surface area contributed by atoms with Gasteiger partial charge in [-0.25, -0.2) is 13.6 Å². The molecular weight excluding hydrogens is 439 g/mol. The molecule has 2 saturated heterocycles. The molecule has 0 aromatic carbocycles. The van der Waals surface area contributed by atoms with Crippen molar-refractivity contribution in [2.75, 3.05) is 6.67 Å². The van der Waals surface area contributed by atoms with Crippen LogP contribution in [0.15, 0.2) is 18.5 Å². The number of carbonyl (C=O) groups is 1. The van der Waals surface area contributed by atoms with Crippen LogP contribution in [0.1, 0.15) is 56.9 Å². The van der Waals surface area contributed by atoms with E-state index in [2.05, 4.69) is 11.1 Å². The van der Waals surface area contributed by atoms with E-state index in [9.17, 15) is 28.3 Å². The van der Waals surface area contributed by atoms with E-state index in [1.54, 1.807) is 12.3 Å². The second kappa shape index (κ2) is 9.75. The average Bonchev–Trinajstić information content (AvgIpc) is 3.04. The lowest BCUT2D eigenvalue weighted by atomic mass is 9.76. The summed E-state index contributed by atoms with van der Waals surface area (Å²) in [5.74, 6) is -1.15. The Morgan fingerprint density at radius 2 is 2.00 bits per heavy atom. The lowest BCUT2D eigenvalue weighted by Gasteiger charge is -2.49. The smallest absolute Gasteiger partial charge is 0.408 e. The van der Waals surface area contributed by atoms with Crippen LogP contribution in [0, 0.1) is 17.2 Å². The number of halogens is 3. The highest BCUT2D eigenvalue weighted by Crippen LogP contribution is 2.51. The van der Waals surface area contributed by atoms with Crippen LogP contribution in [0.2, 0.25) is 0 Å². The normalized spacial score (nSPS) is 32.4. The summed E-state index contributed by atoms with van der Waals surface area (Å²) in [5.41, 5.74) is -1.04. The van der Waals surface area contributed by atoms with Crippen molar-refractivity contribution in [2.45, 2.75) is 87.7 Å². The minimum atomic E-state index is -2.94. The standard InChI is InChI=1S/C23H28F3N3O4/c24-11-19(21(25)26)23-7-5-15(29(23)22(30)31)9-18(10-23)32-16-1-3-17(4-2-16)33-20-6-8-28-13-14(20)12-27/h6,8,13,15-19,21H,1-5,7,9-11H2,(H,30,31). The molecule has 4 rings (SSSR count). The van der Waals surface area contributed by atoms with E-state index in [1.165, 1.54) is 6.20 Å². The molecule has 33 heavy (non-hydrogen) atoms. The Kier molecular flexibility index (Phi) is 6.98. The van der Waals surface area contributed by atoms with Crippen LogP contribution in [0.3, 0.4) is 0 Å². The fraction of sp³-hybridized carbons (Fsp3) is 0.696. The molecule has 1 amide bonds. The summed E-state index contributed by atoms with van der Waals surface area (Å²) >= 11 is 0. The maximum absolute atomic E-state index is 13.7. The molecule has 1 N–H and O–H groups in total. The molecule has 4 atom stereocenters. The SMILES string of the molecule is N#Cc1cnccc1OC1CCC(OC2CC3CCC(C(CF)C(F)F)(C2)N3C(=O)O)CC1. The van der Waals surface area contributed by atoms with Gasteiger partial charge in [-0.05, 0) is 57.4 Å². The van der Waals surface area contributed by atoms with E-state index in [1.807, 2.05) is 0 Å². The predicted molar refractivity (Wildman–Crippen MR) is 111 cm³/mol. The number of nitriles is 1. The lowest BCUT2D eigenvalue weighted by molar-refractivity contribution is -0.123. The number of piperidine rings is 1. The van der Waals surface area contributed by atoms with Gasteiger partial charge in [0, 0.05) is 18.4 Å². The third-order valence-electron chi connectivity index (χ3n) is 7.44. The third kappa shape index (κ3) is 4.60. The fourth-order valence-electron chi connectivity index (χ4n) is 5.95. The summed E-state index contributed by atoms with van der Waals surface area (Å²) in [5, 5.41) is 18.9. The predicted octanol–water partition coefficient (Wildman–Crippen LogP) is 4.55. The molecule has 1 saturated carbocycles. The first-order valence-electron chi connectivity index (χ1n) is 11.4. The van der Waals surface area contributed by atoms with Crippen LogP contribution in [0.5, 0.6) is 5.75 Å². The Morgan fingerprint density at radius 1 is 1.27 bits per heavy atom. The molecule has 10 heteroatoms. The molecule has 1 aromatic rings. The van der Waals surface area contributed by atoms with Crippen molar-refractivity contribution in [3.63, 3.8) is 0 Å². The molecular formula is C23H28F3N3O4. The zero-order chi connectivity index (χ0) is 23.6. The molecule has 2 bridgehead atoms. The van der Waals surface area contributed by atoms with Gasteiger partial charge < -0.3 is 14.6 Å². The van der Waals surface area contributed by atoms with Gasteiger partial charge in [0.2, 0.25) is 6.43 Å². The van der Waals surface area contributed by atoms with Crippen LogP contribution in [0.4, 0.5) is 18.0 Å². The van der Waals surface area contributed by atoms with Crippen molar-refractivity contribution >= 4 is 6.09 Å². The Hall–Kier alpha value is -2.54. The molecule has 1 aromatic heterocycles. The maximum atomic E-state index is 13.7. The number of hydrogen-bond donors (Lipinski definition) is 1. The minimum absolute atomic E-state index is 0.0644. The topological polar surface area (TPSA) is 95.7 Å². The second-order valence-electron chi connectivity index (χ2n) is 9.24. The van der Waals surface area contributed by atoms with Gasteiger partial charge in [0.05, 0.1) is 36.4 Å². The first-order chi connectivity index (χ1) is 15.9. The van der Waals surface area contributed by atoms with Crippen LogP contribution in [-0.4, -0.2) is 64.1 Å². The first-order valence-corrected chi connectivity index (χ1v) is 11.4. The number of rotatable bonds is 7. The highest BCUT2D eigenvalue weighted by Gasteiger charge is 2.60. The van der Waals surface area contributed by atoms with Crippen LogP contribution in [0.25, 0.3) is 0 Å². The first kappa shape index (κ1) is 23.6. The van der Waals surface area contributed by atoms with Gasteiger partial charge in [0.15, 0.2) is 0 Å². The zero-order valence-electron chi connectivity index (χ0n) is 18.2. The van der Waals surface area contributed by atoms with E-state index in [0.29, 0.717) is 49.8 Å². The van der Waals surface area contributed by atoms with Crippen molar-refractivity contribution < 1.29 is 32.5 Å². The Labute approximate surface area is 190 Å². The number of alkyl halides is 3. The van der Waals surface area contributed by atoms with Crippen LogP contribution >= 0.6 is 0 Å². The number of amides is 1. The van der Waals surface area contributed by atoms with Crippen molar-refractivity contribution in [2.24, 2.45) is 5.92 Å². The fourth-order valence-corrected chi connectivity index (χ4v) is 5.95. The summed E-state index contributed by atoms with van der Waals surface area (Å²) in [6, 6.07) is 3.30. The molecule has 180 valence electrons. The van der Waals surface area contributed by atoms with Crippen molar-refractivity contribution in [1.29, 1.82) is 5.26 Å². The molecule has 3 aliphatic rings. The maximum Gasteiger partial charge on any atom is 0.408 e. The summed E-state index contributed by atoms with van der Waals surface area (Å²) in [6.45, 7) is -1.26. The van der Waals surface area contributed by atoms with E-state index >= 15 is 0 Å². The van der Waals surface area contributed by atoms with Crippen molar-refractivity contribution in [3.05, 3.63) is 24.0 Å². The molecule has 3 fully saturated rings. The number of carboxylic acid groups (broad SMARTS) is 1. The van der Waals surface area contributed by atoms with Gasteiger partial charge in [0.25, 0.3) is 0 Å². The number of fused-ring (bicyclic) bond motifs is 2. The van der Waals surface area contributed by atoms with E-state index < -0.39 is 36.7 Å². The molecule has 4 unspecified atom stereocenters. The quantitative estimate of drug-likeness (QED) is 0.632. The van der Waals surface area contributed by atoms with Gasteiger partial charge >= 0.3 is 6.09 Å². The second-order valence-corrected chi connectivity index (χ2v) is 9.24. The molecule has 7 nitrogen and oxygen atoms in total. The van der Waals surface area contributed by atoms with E-state index in [-0.39, 0.29) is 31.2 Å². The van der Waals surface area contributed by atoms with Gasteiger partial charge in [-0.3, -0.25) is 14.3 Å². The van der Waals surface area contributed by atoms with Crippen LogP contribution in [-0.2, 0) is 4.74 Å². The van der Waals surface area contributed by atoms with E-state index in [0.717, 1.165) is 4.90 Å². The number of pyridine rings is 1. The highest BCUT2D eigenvalue weighted by atomic mass is 19.3. The van der Waals surface area contributed by atoms with Gasteiger partial charge in [-0.1, -0.05) is 0 Å². The molecule has 1 aliphatic carbocycles. The average molecular weight is 467 g/mol. The number of nitrogens with zero attached hydrogens (tertiary/aromatic N) is 3. The van der Waals surface area contributed by atoms with Gasteiger partial charge in [-0.2, -0.15) is 5.26 Å². The number of ether oxygens (including phenoxy) is 2. The Balaban J connectivity index is 1.38.